The molecule has 0 bridgehead atoms. The molecule has 0 radical (unpaired) electrons. The summed E-state index contributed by atoms with van der Waals surface area (Å²) in [6, 6.07) is 11.3. The smallest absolute Gasteiger partial charge is 0.221 e. The predicted molar refractivity (Wildman–Crippen MR) is 89.4 cm³/mol. The third-order valence-electron chi connectivity index (χ3n) is 2.92. The first kappa shape index (κ1) is 16.6. The molecular weight excluding hydrogens is 320 g/mol. The van der Waals surface area contributed by atoms with Crippen molar-refractivity contribution < 1.29 is 9.53 Å². The number of halogens is 1. The molecule has 0 saturated carbocycles. The number of carbonyl (C=O) groups excluding carboxylic acids is 1. The highest BCUT2D eigenvalue weighted by molar-refractivity contribution is 7.99. The van der Waals surface area contributed by atoms with Gasteiger partial charge in [-0.15, -0.1) is 11.8 Å². The summed E-state index contributed by atoms with van der Waals surface area (Å²) in [7, 11) is 1.57. The fourth-order valence-electron chi connectivity index (χ4n) is 1.74. The van der Waals surface area contributed by atoms with E-state index in [1.165, 1.54) is 0 Å². The maximum atomic E-state index is 11.8. The fraction of sp³-hybridized carbons (Fsp3) is 0.250. The third-order valence-corrected chi connectivity index (χ3v) is 4.44. The van der Waals surface area contributed by atoms with Gasteiger partial charge in [0.25, 0.3) is 0 Å². The number of methoxy groups -OCH3 is 1. The number of nitrogens with one attached hydrogen (secondary N) is 1. The SMILES string of the molecule is COc1ccc(CNC(=O)CCSc2ccccc2Cl)cn1. The molecule has 4 nitrogen and oxygen atoms in total. The minimum absolute atomic E-state index is 0.00960. The minimum Gasteiger partial charge on any atom is -0.481 e. The molecule has 1 N–H and O–H groups in total. The molecular formula is C16H17ClN2O2S. The second-order valence-corrected chi connectivity index (χ2v) is 6.06. The van der Waals surface area contributed by atoms with Crippen molar-refractivity contribution >= 4 is 29.3 Å². The number of ether oxygens (including phenoxy) is 1. The minimum atomic E-state index is 0.00960. The summed E-state index contributed by atoms with van der Waals surface area (Å²) >= 11 is 7.65. The van der Waals surface area contributed by atoms with E-state index in [9.17, 15) is 4.79 Å². The van der Waals surface area contributed by atoms with E-state index in [0.29, 0.717) is 24.6 Å². The molecule has 0 unspecified atom stereocenters. The van der Waals surface area contributed by atoms with Crippen LogP contribution >= 0.6 is 23.4 Å². The van der Waals surface area contributed by atoms with Crippen LogP contribution in [0, 0.1) is 0 Å². The van der Waals surface area contributed by atoms with Crippen LogP contribution in [0.15, 0.2) is 47.5 Å². The zero-order valence-corrected chi connectivity index (χ0v) is 13.8. The Labute approximate surface area is 139 Å². The van der Waals surface area contributed by atoms with Crippen molar-refractivity contribution in [1.29, 1.82) is 0 Å². The highest BCUT2D eigenvalue weighted by Crippen LogP contribution is 2.26. The number of hydrogen-bond donors (Lipinski definition) is 1. The van der Waals surface area contributed by atoms with E-state index in [1.54, 1.807) is 31.1 Å². The van der Waals surface area contributed by atoms with Crippen LogP contribution in [0.3, 0.4) is 0 Å². The molecule has 0 aliphatic heterocycles. The van der Waals surface area contributed by atoms with Crippen molar-refractivity contribution in [2.24, 2.45) is 0 Å². The van der Waals surface area contributed by atoms with E-state index in [-0.39, 0.29) is 5.91 Å². The average molecular weight is 337 g/mol. The fourth-order valence-corrected chi connectivity index (χ4v) is 2.93. The molecule has 2 rings (SSSR count). The van der Waals surface area contributed by atoms with Crippen LogP contribution in [-0.2, 0) is 11.3 Å². The van der Waals surface area contributed by atoms with Crippen molar-refractivity contribution in [3.63, 3.8) is 0 Å². The van der Waals surface area contributed by atoms with Gasteiger partial charge in [0.15, 0.2) is 0 Å². The number of amides is 1. The lowest BCUT2D eigenvalue weighted by Crippen LogP contribution is -2.23. The molecule has 6 heteroatoms. The summed E-state index contributed by atoms with van der Waals surface area (Å²) in [6.07, 6.45) is 2.14. The molecule has 1 heterocycles. The molecule has 116 valence electrons. The Morgan fingerprint density at radius 3 is 2.82 bits per heavy atom. The van der Waals surface area contributed by atoms with Gasteiger partial charge in [-0.1, -0.05) is 29.8 Å². The van der Waals surface area contributed by atoms with E-state index < -0.39 is 0 Å². The summed E-state index contributed by atoms with van der Waals surface area (Å²) in [6.45, 7) is 0.465. The van der Waals surface area contributed by atoms with Crippen LogP contribution in [0.5, 0.6) is 5.88 Å². The van der Waals surface area contributed by atoms with E-state index in [1.807, 2.05) is 30.3 Å². The van der Waals surface area contributed by atoms with Crippen molar-refractivity contribution in [1.82, 2.24) is 10.3 Å². The lowest BCUT2D eigenvalue weighted by Gasteiger charge is -2.06. The highest BCUT2D eigenvalue weighted by Gasteiger charge is 2.04. The maximum absolute atomic E-state index is 11.8. The molecule has 0 aliphatic rings. The molecule has 0 atom stereocenters. The normalized spacial score (nSPS) is 10.3. The van der Waals surface area contributed by atoms with Crippen LogP contribution in [0.2, 0.25) is 5.02 Å². The van der Waals surface area contributed by atoms with Gasteiger partial charge in [-0.2, -0.15) is 0 Å². The van der Waals surface area contributed by atoms with Gasteiger partial charge in [-0.25, -0.2) is 4.98 Å². The second kappa shape index (κ2) is 8.66. The van der Waals surface area contributed by atoms with E-state index in [2.05, 4.69) is 10.3 Å². The van der Waals surface area contributed by atoms with Gasteiger partial charge in [0.1, 0.15) is 0 Å². The summed E-state index contributed by atoms with van der Waals surface area (Å²) in [5.41, 5.74) is 0.938. The number of aromatic nitrogens is 1. The van der Waals surface area contributed by atoms with E-state index >= 15 is 0 Å². The Morgan fingerprint density at radius 2 is 2.14 bits per heavy atom. The zero-order chi connectivity index (χ0) is 15.8. The maximum Gasteiger partial charge on any atom is 0.221 e. The lowest BCUT2D eigenvalue weighted by atomic mass is 10.3. The molecule has 1 aromatic heterocycles. The average Bonchev–Trinajstić information content (AvgIpc) is 2.55. The number of carbonyl (C=O) groups is 1. The predicted octanol–water partition coefficient (Wildman–Crippen LogP) is 3.54. The van der Waals surface area contributed by atoms with E-state index in [0.717, 1.165) is 15.5 Å². The van der Waals surface area contributed by atoms with Crippen molar-refractivity contribution in [2.75, 3.05) is 12.9 Å². The van der Waals surface area contributed by atoms with Gasteiger partial charge in [0.05, 0.1) is 12.1 Å². The standard InChI is InChI=1S/C16H17ClN2O2S/c1-21-16-7-6-12(11-19-16)10-18-15(20)8-9-22-14-5-3-2-4-13(14)17/h2-7,11H,8-10H2,1H3,(H,18,20). The Bertz CT molecular complexity index is 620. The van der Waals surface area contributed by atoms with Crippen LogP contribution in [0.1, 0.15) is 12.0 Å². The summed E-state index contributed by atoms with van der Waals surface area (Å²) in [5.74, 6) is 1.26. The molecule has 0 saturated heterocycles. The Morgan fingerprint density at radius 1 is 1.32 bits per heavy atom. The summed E-state index contributed by atoms with van der Waals surface area (Å²) in [5, 5.41) is 3.59. The highest BCUT2D eigenvalue weighted by atomic mass is 35.5. The second-order valence-electron chi connectivity index (χ2n) is 4.51. The van der Waals surface area contributed by atoms with Crippen LogP contribution in [0.25, 0.3) is 0 Å². The number of hydrogen-bond acceptors (Lipinski definition) is 4. The number of benzene rings is 1. The molecule has 0 spiro atoms. The summed E-state index contributed by atoms with van der Waals surface area (Å²) in [4.78, 5) is 16.9. The lowest BCUT2D eigenvalue weighted by molar-refractivity contribution is -0.120. The monoisotopic (exact) mass is 336 g/mol. The van der Waals surface area contributed by atoms with Crippen LogP contribution in [-0.4, -0.2) is 23.8 Å². The van der Waals surface area contributed by atoms with Gasteiger partial charge in [0.2, 0.25) is 11.8 Å². The number of pyridine rings is 1. The van der Waals surface area contributed by atoms with Crippen LogP contribution < -0.4 is 10.1 Å². The first-order chi connectivity index (χ1) is 10.7. The Kier molecular flexibility index (Phi) is 6.55. The van der Waals surface area contributed by atoms with Crippen LogP contribution in [0.4, 0.5) is 0 Å². The first-order valence-corrected chi connectivity index (χ1v) is 8.18. The Balaban J connectivity index is 1.70. The van der Waals surface area contributed by atoms with Gasteiger partial charge in [0, 0.05) is 35.9 Å². The number of thioether (sulfide) groups is 1. The summed E-state index contributed by atoms with van der Waals surface area (Å²) < 4.78 is 4.99. The van der Waals surface area contributed by atoms with Crippen molar-refractivity contribution in [3.8, 4) is 5.88 Å². The van der Waals surface area contributed by atoms with Gasteiger partial charge < -0.3 is 10.1 Å². The van der Waals surface area contributed by atoms with E-state index in [4.69, 9.17) is 16.3 Å². The Hall–Kier alpha value is -1.72. The molecule has 0 fully saturated rings. The number of nitrogens with zero attached hydrogens (tertiary/aromatic N) is 1. The quantitative estimate of drug-likeness (QED) is 0.786. The zero-order valence-electron chi connectivity index (χ0n) is 12.2. The molecule has 0 aliphatic carbocycles. The molecule has 1 aromatic carbocycles. The largest absolute Gasteiger partial charge is 0.481 e. The first-order valence-electron chi connectivity index (χ1n) is 6.82. The number of rotatable bonds is 7. The van der Waals surface area contributed by atoms with Gasteiger partial charge in [-0.3, -0.25) is 4.79 Å². The molecule has 1 amide bonds. The topological polar surface area (TPSA) is 51.2 Å². The van der Waals surface area contributed by atoms with Crippen molar-refractivity contribution in [2.45, 2.75) is 17.9 Å². The van der Waals surface area contributed by atoms with Crippen molar-refractivity contribution in [3.05, 3.63) is 53.2 Å². The van der Waals surface area contributed by atoms with Gasteiger partial charge >= 0.3 is 0 Å². The molecule has 22 heavy (non-hydrogen) atoms. The third kappa shape index (κ3) is 5.24. The van der Waals surface area contributed by atoms with Gasteiger partial charge in [-0.05, 0) is 17.7 Å². The molecule has 2 aromatic rings.